The summed E-state index contributed by atoms with van der Waals surface area (Å²) in [5.74, 6) is 0.364. The van der Waals surface area contributed by atoms with E-state index in [1.54, 1.807) is 11.9 Å². The van der Waals surface area contributed by atoms with Gasteiger partial charge in [0.05, 0.1) is 17.5 Å². The summed E-state index contributed by atoms with van der Waals surface area (Å²) in [4.78, 5) is 18.9. The van der Waals surface area contributed by atoms with E-state index >= 15 is 0 Å². The number of amidine groups is 1. The Balaban J connectivity index is 1.50. The van der Waals surface area contributed by atoms with Gasteiger partial charge in [-0.15, -0.1) is 0 Å². The van der Waals surface area contributed by atoms with Crippen LogP contribution in [0, 0.1) is 0 Å². The van der Waals surface area contributed by atoms with Gasteiger partial charge in [0.1, 0.15) is 0 Å². The van der Waals surface area contributed by atoms with Gasteiger partial charge >= 0.3 is 0 Å². The number of aliphatic imine (C=N–C) groups is 1. The molecule has 1 amide bonds. The molecule has 0 saturated carbocycles. The molecule has 5 nitrogen and oxygen atoms in total. The second kappa shape index (κ2) is 6.72. The van der Waals surface area contributed by atoms with Crippen molar-refractivity contribution < 1.29 is 4.79 Å². The zero-order valence-electron chi connectivity index (χ0n) is 13.9. The molecule has 0 saturated heterocycles. The molecule has 1 atom stereocenters. The second-order valence-electron chi connectivity index (χ2n) is 5.92. The predicted octanol–water partition coefficient (Wildman–Crippen LogP) is 3.82. The molecule has 6 heteroatoms. The first-order valence-corrected chi connectivity index (χ1v) is 9.16. The number of nitrogens with zero attached hydrogens (tertiary/aromatic N) is 4. The van der Waals surface area contributed by atoms with E-state index in [-0.39, 0.29) is 11.9 Å². The molecule has 2 aliphatic heterocycles. The molecule has 2 aliphatic rings. The van der Waals surface area contributed by atoms with E-state index in [4.69, 9.17) is 4.99 Å². The van der Waals surface area contributed by atoms with Gasteiger partial charge in [0.2, 0.25) is 5.91 Å². The fourth-order valence-electron chi connectivity index (χ4n) is 3.00. The quantitative estimate of drug-likeness (QED) is 0.845. The second-order valence-corrected chi connectivity index (χ2v) is 6.87. The molecule has 2 aromatic carbocycles. The van der Waals surface area contributed by atoms with Crippen LogP contribution < -0.4 is 4.90 Å². The summed E-state index contributed by atoms with van der Waals surface area (Å²) in [6.45, 7) is 0. The van der Waals surface area contributed by atoms with Crippen molar-refractivity contribution in [3.63, 3.8) is 0 Å². The highest BCUT2D eigenvalue weighted by molar-refractivity contribution is 8.14. The Morgan fingerprint density at radius 1 is 1.20 bits per heavy atom. The summed E-state index contributed by atoms with van der Waals surface area (Å²) < 4.78 is 0. The predicted molar refractivity (Wildman–Crippen MR) is 104 cm³/mol. The van der Waals surface area contributed by atoms with Gasteiger partial charge in [-0.3, -0.25) is 4.79 Å². The van der Waals surface area contributed by atoms with Gasteiger partial charge in [-0.2, -0.15) is 5.10 Å². The average molecular weight is 350 g/mol. The maximum absolute atomic E-state index is 12.5. The third-order valence-electron chi connectivity index (χ3n) is 4.38. The number of benzene rings is 2. The Bertz CT molecular complexity index is 850. The number of hydrogen-bond donors (Lipinski definition) is 0. The number of hydrazone groups is 1. The topological polar surface area (TPSA) is 48.3 Å². The Hall–Kier alpha value is -2.60. The van der Waals surface area contributed by atoms with Gasteiger partial charge in [0.15, 0.2) is 5.17 Å². The molecule has 0 N–H and O–H groups in total. The lowest BCUT2D eigenvalue weighted by Crippen LogP contribution is -2.32. The number of carbonyl (C=O) groups excluding carboxylic acids is 1. The lowest BCUT2D eigenvalue weighted by molar-refractivity contribution is -0.115. The molecule has 4 rings (SSSR count). The number of thioether (sulfide) groups is 1. The Morgan fingerprint density at radius 2 is 1.96 bits per heavy atom. The molecule has 0 aliphatic carbocycles. The Kier molecular flexibility index (Phi) is 4.28. The third-order valence-corrected chi connectivity index (χ3v) is 5.31. The van der Waals surface area contributed by atoms with E-state index in [0.717, 1.165) is 23.0 Å². The number of carbonyl (C=O) groups is 1. The molecule has 0 aromatic heterocycles. The minimum atomic E-state index is 0.0393. The van der Waals surface area contributed by atoms with Gasteiger partial charge in [-0.05, 0) is 18.2 Å². The van der Waals surface area contributed by atoms with Crippen LogP contribution in [-0.2, 0) is 4.79 Å². The van der Waals surface area contributed by atoms with Crippen molar-refractivity contribution in [1.29, 1.82) is 0 Å². The Labute approximate surface area is 151 Å². The molecule has 126 valence electrons. The van der Waals surface area contributed by atoms with E-state index in [0.29, 0.717) is 5.75 Å². The van der Waals surface area contributed by atoms with Crippen LogP contribution in [0.3, 0.4) is 0 Å². The third kappa shape index (κ3) is 3.05. The lowest BCUT2D eigenvalue weighted by Gasteiger charge is -2.30. The number of para-hydroxylation sites is 2. The molecule has 25 heavy (non-hydrogen) atoms. The van der Waals surface area contributed by atoms with E-state index < -0.39 is 0 Å². The number of fused-ring (bicyclic) bond motifs is 3. The molecule has 2 aromatic rings. The first-order chi connectivity index (χ1) is 12.2. The average Bonchev–Trinajstić information content (AvgIpc) is 3.16. The maximum Gasteiger partial charge on any atom is 0.237 e. The largest absolute Gasteiger partial charge is 0.315 e. The van der Waals surface area contributed by atoms with Crippen LogP contribution >= 0.6 is 11.8 Å². The zero-order valence-corrected chi connectivity index (χ0v) is 14.7. The molecule has 1 unspecified atom stereocenters. The zero-order chi connectivity index (χ0) is 17.2. The fraction of sp³-hybridized carbons (Fsp3) is 0.211. The van der Waals surface area contributed by atoms with E-state index in [9.17, 15) is 4.79 Å². The first kappa shape index (κ1) is 15.9. The van der Waals surface area contributed by atoms with Crippen molar-refractivity contribution in [2.75, 3.05) is 17.7 Å². The van der Waals surface area contributed by atoms with E-state index in [2.05, 4.69) is 11.2 Å². The highest BCUT2D eigenvalue weighted by Crippen LogP contribution is 2.40. The molecule has 2 heterocycles. The van der Waals surface area contributed by atoms with E-state index in [1.807, 2.05) is 59.8 Å². The number of hydrogen-bond acceptors (Lipinski definition) is 5. The van der Waals surface area contributed by atoms with Crippen LogP contribution in [0.2, 0.25) is 0 Å². The highest BCUT2D eigenvalue weighted by atomic mass is 32.2. The summed E-state index contributed by atoms with van der Waals surface area (Å²) in [7, 11) is 1.80. The van der Waals surface area contributed by atoms with Crippen molar-refractivity contribution in [3.8, 4) is 0 Å². The van der Waals surface area contributed by atoms with Gasteiger partial charge in [0, 0.05) is 30.9 Å². The van der Waals surface area contributed by atoms with Crippen LogP contribution in [0.5, 0.6) is 0 Å². The normalized spacial score (nSPS) is 17.7. The maximum atomic E-state index is 12.5. The summed E-state index contributed by atoms with van der Waals surface area (Å²) >= 11 is 1.44. The van der Waals surface area contributed by atoms with Crippen molar-refractivity contribution in [3.05, 3.63) is 60.2 Å². The minimum absolute atomic E-state index is 0.0393. The van der Waals surface area contributed by atoms with Crippen LogP contribution in [0.1, 0.15) is 18.0 Å². The number of amides is 1. The lowest BCUT2D eigenvalue weighted by atomic mass is 10.0. The van der Waals surface area contributed by atoms with Crippen molar-refractivity contribution in [2.45, 2.75) is 12.5 Å². The summed E-state index contributed by atoms with van der Waals surface area (Å²) in [6.07, 6.45) is 2.79. The van der Waals surface area contributed by atoms with Crippen LogP contribution in [0.4, 0.5) is 11.4 Å². The Morgan fingerprint density at radius 3 is 2.80 bits per heavy atom. The van der Waals surface area contributed by atoms with Crippen molar-refractivity contribution in [2.24, 2.45) is 10.1 Å². The molecule has 0 bridgehead atoms. The number of rotatable bonds is 3. The molecular weight excluding hydrogens is 332 g/mol. The summed E-state index contributed by atoms with van der Waals surface area (Å²) in [5.41, 5.74) is 3.05. The van der Waals surface area contributed by atoms with Gasteiger partial charge in [-0.1, -0.05) is 48.2 Å². The van der Waals surface area contributed by atoms with Gasteiger partial charge < -0.3 is 4.90 Å². The molecular formula is C19H18N4OS. The monoisotopic (exact) mass is 350 g/mol. The first-order valence-electron chi connectivity index (χ1n) is 8.18. The van der Waals surface area contributed by atoms with Crippen molar-refractivity contribution in [1.82, 2.24) is 5.01 Å². The van der Waals surface area contributed by atoms with Crippen molar-refractivity contribution >= 4 is 40.4 Å². The number of anilines is 1. The molecule has 0 spiro atoms. The smallest absolute Gasteiger partial charge is 0.237 e. The van der Waals surface area contributed by atoms with Gasteiger partial charge in [0.25, 0.3) is 0 Å². The molecule has 0 fully saturated rings. The van der Waals surface area contributed by atoms with Crippen LogP contribution in [0.25, 0.3) is 0 Å². The van der Waals surface area contributed by atoms with Crippen LogP contribution in [0.15, 0.2) is 64.7 Å². The molecule has 0 radical (unpaired) electrons. The van der Waals surface area contributed by atoms with Gasteiger partial charge in [-0.25, -0.2) is 10.0 Å². The summed E-state index contributed by atoms with van der Waals surface area (Å²) in [5, 5.41) is 7.17. The summed E-state index contributed by atoms with van der Waals surface area (Å²) in [6, 6.07) is 18.0. The minimum Gasteiger partial charge on any atom is -0.315 e. The highest BCUT2D eigenvalue weighted by Gasteiger charge is 2.32. The SMILES string of the molecule is CN(C(=O)CSC1=Nc2ccccc2C2CC=NN12)c1ccccc1. The van der Waals surface area contributed by atoms with Crippen LogP contribution in [-0.4, -0.2) is 35.1 Å². The fourth-order valence-corrected chi connectivity index (χ4v) is 3.91. The standard InChI is InChI=1S/C19H18N4OS/c1-22(14-7-3-2-4-8-14)18(24)13-25-19-21-16-10-6-5-9-15(16)17-11-12-20-23(17)19/h2-10,12,17H,11,13H2,1H3. The van der Waals surface area contributed by atoms with E-state index in [1.165, 1.54) is 17.3 Å².